The first-order chi connectivity index (χ1) is 10.2. The van der Waals surface area contributed by atoms with E-state index in [-0.39, 0.29) is 5.91 Å². The number of piperidine rings is 1. The van der Waals surface area contributed by atoms with E-state index in [1.807, 2.05) is 18.2 Å². The Morgan fingerprint density at radius 3 is 3.05 bits per heavy atom. The molecule has 4 heteroatoms. The average molecular weight is 290 g/mol. The molecule has 0 aliphatic carbocycles. The van der Waals surface area contributed by atoms with Crippen molar-refractivity contribution in [3.8, 4) is 5.75 Å². The zero-order valence-corrected chi connectivity index (χ0v) is 12.9. The van der Waals surface area contributed by atoms with Gasteiger partial charge < -0.3 is 15.4 Å². The molecule has 1 atom stereocenters. The Balaban J connectivity index is 1.80. The summed E-state index contributed by atoms with van der Waals surface area (Å²) in [4.78, 5) is 14.4. The van der Waals surface area contributed by atoms with E-state index in [0.29, 0.717) is 24.8 Å². The Hall–Kier alpha value is -1.71. The van der Waals surface area contributed by atoms with Gasteiger partial charge in [-0.05, 0) is 37.8 Å². The van der Waals surface area contributed by atoms with Crippen molar-refractivity contribution in [1.82, 2.24) is 4.90 Å². The van der Waals surface area contributed by atoms with Gasteiger partial charge in [0.15, 0.2) is 0 Å². The number of hydrogen-bond acceptors (Lipinski definition) is 3. The minimum Gasteiger partial charge on any atom is -0.493 e. The van der Waals surface area contributed by atoms with Crippen molar-refractivity contribution >= 4 is 11.6 Å². The van der Waals surface area contributed by atoms with E-state index in [0.717, 1.165) is 38.0 Å². The fraction of sp³-hybridized carbons (Fsp3) is 0.588. The van der Waals surface area contributed by atoms with E-state index in [4.69, 9.17) is 10.5 Å². The zero-order valence-electron chi connectivity index (χ0n) is 12.9. The van der Waals surface area contributed by atoms with Crippen LogP contribution in [0.5, 0.6) is 5.75 Å². The summed E-state index contributed by atoms with van der Waals surface area (Å²) < 4.78 is 5.62. The number of hydrogen-bond donors (Lipinski definition) is 1. The molecule has 1 saturated heterocycles. The first kappa shape index (κ1) is 15.7. The first-order valence-corrected chi connectivity index (χ1v) is 7.98. The highest BCUT2D eigenvalue weighted by atomic mass is 16.5. The van der Waals surface area contributed by atoms with Crippen LogP contribution in [0.3, 0.4) is 0 Å². The number of carbonyl (C=O) groups excluding carboxylic acids is 1. The van der Waals surface area contributed by atoms with Crippen molar-refractivity contribution in [2.24, 2.45) is 0 Å². The maximum atomic E-state index is 12.4. The van der Waals surface area contributed by atoms with Crippen molar-refractivity contribution in [3.05, 3.63) is 24.3 Å². The van der Waals surface area contributed by atoms with Crippen LogP contribution in [-0.2, 0) is 4.79 Å². The van der Waals surface area contributed by atoms with Gasteiger partial charge >= 0.3 is 0 Å². The highest BCUT2D eigenvalue weighted by molar-refractivity contribution is 5.76. The maximum absolute atomic E-state index is 12.4. The molecule has 1 aliphatic rings. The van der Waals surface area contributed by atoms with Gasteiger partial charge in [0.2, 0.25) is 5.91 Å². The molecule has 2 rings (SSSR count). The highest BCUT2D eigenvalue weighted by Gasteiger charge is 2.25. The third-order valence-corrected chi connectivity index (χ3v) is 4.01. The highest BCUT2D eigenvalue weighted by Crippen LogP contribution is 2.22. The predicted molar refractivity (Wildman–Crippen MR) is 85.2 cm³/mol. The summed E-state index contributed by atoms with van der Waals surface area (Å²) in [5, 5.41) is 0. The molecule has 1 unspecified atom stereocenters. The molecule has 0 bridgehead atoms. The van der Waals surface area contributed by atoms with E-state index in [2.05, 4.69) is 11.8 Å². The van der Waals surface area contributed by atoms with E-state index >= 15 is 0 Å². The minimum absolute atomic E-state index is 0.219. The number of benzene rings is 1. The average Bonchev–Trinajstić information content (AvgIpc) is 2.48. The van der Waals surface area contributed by atoms with Crippen molar-refractivity contribution in [2.75, 3.05) is 18.9 Å². The summed E-state index contributed by atoms with van der Waals surface area (Å²) in [6.45, 7) is 3.50. The normalized spacial score (nSPS) is 18.5. The van der Waals surface area contributed by atoms with Crippen LogP contribution in [-0.4, -0.2) is 30.0 Å². The van der Waals surface area contributed by atoms with Gasteiger partial charge in [-0.1, -0.05) is 19.4 Å². The Bertz CT molecular complexity index is 460. The Kier molecular flexibility index (Phi) is 5.90. The van der Waals surface area contributed by atoms with Gasteiger partial charge in [0.25, 0.3) is 0 Å². The summed E-state index contributed by atoms with van der Waals surface area (Å²) in [6, 6.07) is 7.76. The second-order valence-electron chi connectivity index (χ2n) is 5.70. The fourth-order valence-corrected chi connectivity index (χ4v) is 2.97. The molecule has 0 radical (unpaired) electrons. The molecule has 1 fully saturated rings. The number of ether oxygens (including phenoxy) is 1. The van der Waals surface area contributed by atoms with Crippen LogP contribution in [0.1, 0.15) is 45.4 Å². The third-order valence-electron chi connectivity index (χ3n) is 4.01. The lowest BCUT2D eigenvalue weighted by atomic mass is 9.98. The summed E-state index contributed by atoms with van der Waals surface area (Å²) in [6.07, 6.45) is 6.21. The van der Waals surface area contributed by atoms with Crippen molar-refractivity contribution in [2.45, 2.75) is 51.5 Å². The number of nitrogens with zero attached hydrogens (tertiary/aromatic N) is 1. The quantitative estimate of drug-likeness (QED) is 0.818. The van der Waals surface area contributed by atoms with Gasteiger partial charge in [0.05, 0.1) is 13.0 Å². The molecule has 116 valence electrons. The number of anilines is 1. The summed E-state index contributed by atoms with van der Waals surface area (Å²) in [5.74, 6) is 0.948. The number of nitrogens with two attached hydrogens (primary N) is 1. The molecular weight excluding hydrogens is 264 g/mol. The van der Waals surface area contributed by atoms with Crippen LogP contribution in [0.25, 0.3) is 0 Å². The van der Waals surface area contributed by atoms with Crippen molar-refractivity contribution in [1.29, 1.82) is 0 Å². The monoisotopic (exact) mass is 290 g/mol. The Labute approximate surface area is 127 Å². The Morgan fingerprint density at radius 1 is 1.43 bits per heavy atom. The molecule has 2 N–H and O–H groups in total. The number of nitrogen functional groups attached to an aromatic ring is 1. The van der Waals surface area contributed by atoms with Crippen LogP contribution < -0.4 is 10.5 Å². The van der Waals surface area contributed by atoms with Gasteiger partial charge in [-0.3, -0.25) is 4.79 Å². The molecule has 0 aromatic heterocycles. The van der Waals surface area contributed by atoms with Crippen LogP contribution in [0.2, 0.25) is 0 Å². The lowest BCUT2D eigenvalue weighted by Gasteiger charge is -2.35. The number of rotatable bonds is 6. The second-order valence-corrected chi connectivity index (χ2v) is 5.70. The van der Waals surface area contributed by atoms with Gasteiger partial charge in [-0.15, -0.1) is 0 Å². The molecular formula is C17H26N2O2. The smallest absolute Gasteiger partial charge is 0.226 e. The van der Waals surface area contributed by atoms with E-state index in [1.54, 1.807) is 6.07 Å². The standard InChI is InChI=1S/C17H26N2O2/c1-2-6-15-8-3-4-11-19(15)17(20)10-12-21-16-9-5-7-14(18)13-16/h5,7,9,13,15H,2-4,6,8,10-12,18H2,1H3. The molecule has 0 spiro atoms. The first-order valence-electron chi connectivity index (χ1n) is 7.98. The number of carbonyl (C=O) groups is 1. The molecule has 0 saturated carbocycles. The summed E-state index contributed by atoms with van der Waals surface area (Å²) in [5.41, 5.74) is 6.38. The molecule has 1 aliphatic heterocycles. The van der Waals surface area contributed by atoms with E-state index in [1.165, 1.54) is 6.42 Å². The molecule has 4 nitrogen and oxygen atoms in total. The van der Waals surface area contributed by atoms with Crippen molar-refractivity contribution < 1.29 is 9.53 Å². The minimum atomic E-state index is 0.219. The van der Waals surface area contributed by atoms with Crippen LogP contribution in [0.4, 0.5) is 5.69 Å². The second kappa shape index (κ2) is 7.91. The van der Waals surface area contributed by atoms with Crippen LogP contribution >= 0.6 is 0 Å². The van der Waals surface area contributed by atoms with Crippen molar-refractivity contribution in [3.63, 3.8) is 0 Å². The van der Waals surface area contributed by atoms with E-state index in [9.17, 15) is 4.79 Å². The molecule has 1 amide bonds. The summed E-state index contributed by atoms with van der Waals surface area (Å²) in [7, 11) is 0. The molecule has 1 heterocycles. The third kappa shape index (κ3) is 4.66. The topological polar surface area (TPSA) is 55.6 Å². The zero-order chi connectivity index (χ0) is 15.1. The van der Waals surface area contributed by atoms with Gasteiger partial charge in [0.1, 0.15) is 5.75 Å². The number of amides is 1. The van der Waals surface area contributed by atoms with Crippen LogP contribution in [0, 0.1) is 0 Å². The van der Waals surface area contributed by atoms with Gasteiger partial charge in [0, 0.05) is 24.3 Å². The molecule has 1 aromatic carbocycles. The summed E-state index contributed by atoms with van der Waals surface area (Å²) >= 11 is 0. The Morgan fingerprint density at radius 2 is 2.29 bits per heavy atom. The molecule has 1 aromatic rings. The van der Waals surface area contributed by atoms with Gasteiger partial charge in [-0.25, -0.2) is 0 Å². The largest absolute Gasteiger partial charge is 0.493 e. The lowest BCUT2D eigenvalue weighted by Crippen LogP contribution is -2.44. The predicted octanol–water partition coefficient (Wildman–Crippen LogP) is 3.22. The lowest BCUT2D eigenvalue weighted by molar-refractivity contribution is -0.135. The number of likely N-dealkylation sites (tertiary alicyclic amines) is 1. The molecule has 21 heavy (non-hydrogen) atoms. The van der Waals surface area contributed by atoms with Gasteiger partial charge in [-0.2, -0.15) is 0 Å². The van der Waals surface area contributed by atoms with Crippen LogP contribution in [0.15, 0.2) is 24.3 Å². The SMILES string of the molecule is CCCC1CCCCN1C(=O)CCOc1cccc(N)c1. The maximum Gasteiger partial charge on any atom is 0.226 e. The fourth-order valence-electron chi connectivity index (χ4n) is 2.97. The van der Waals surface area contributed by atoms with E-state index < -0.39 is 0 Å².